The molecule has 3 aliphatic heterocycles. The minimum atomic E-state index is 0.184. The first-order valence-corrected chi connectivity index (χ1v) is 9.62. The number of nitrogens with zero attached hydrogens (tertiary/aromatic N) is 3. The van der Waals surface area contributed by atoms with Gasteiger partial charge >= 0.3 is 0 Å². The second-order valence-electron chi connectivity index (χ2n) is 6.97. The number of rotatable bonds is 5. The smallest absolute Gasteiger partial charge is 0.104 e. The third kappa shape index (κ3) is 2.63. The van der Waals surface area contributed by atoms with E-state index in [2.05, 4.69) is 21.3 Å². The van der Waals surface area contributed by atoms with Crippen molar-refractivity contribution in [3.05, 3.63) is 11.8 Å². The molecule has 3 nitrogen and oxygen atoms in total. The summed E-state index contributed by atoms with van der Waals surface area (Å²) in [7, 11) is 1.12. The molecule has 0 saturated carbocycles. The van der Waals surface area contributed by atoms with Gasteiger partial charge in [-0.05, 0) is 51.6 Å². The van der Waals surface area contributed by atoms with Crippen molar-refractivity contribution in [1.82, 2.24) is 14.7 Å². The lowest BCUT2D eigenvalue weighted by Crippen LogP contribution is -2.65. The van der Waals surface area contributed by atoms with Crippen LogP contribution in [0.1, 0.15) is 38.5 Å². The van der Waals surface area contributed by atoms with E-state index in [1.165, 1.54) is 89.5 Å². The van der Waals surface area contributed by atoms with Gasteiger partial charge in [0.1, 0.15) is 5.66 Å². The van der Waals surface area contributed by atoms with Crippen LogP contribution in [0, 0.1) is 0 Å². The van der Waals surface area contributed by atoms with E-state index in [4.69, 9.17) is 0 Å². The standard InChI is InChI=1S/C16H31N3Si/c1-15(20)16(18-10-4-5-11-18,19-12-6-7-13-19)14-17-8-2-3-9-17/h1-14H2,20H3. The average Bonchev–Trinajstić information content (AvgIpc) is 3.17. The van der Waals surface area contributed by atoms with Crippen molar-refractivity contribution in [2.45, 2.75) is 44.2 Å². The van der Waals surface area contributed by atoms with Crippen LogP contribution in [0.4, 0.5) is 0 Å². The Bertz CT molecular complexity index is 324. The maximum atomic E-state index is 4.51. The summed E-state index contributed by atoms with van der Waals surface area (Å²) in [5.74, 6) is 0. The van der Waals surface area contributed by atoms with E-state index in [9.17, 15) is 0 Å². The third-order valence-corrected chi connectivity index (χ3v) is 6.39. The molecule has 0 aromatic heterocycles. The Hall–Kier alpha value is -0.163. The second-order valence-corrected chi connectivity index (χ2v) is 8.18. The number of likely N-dealkylation sites (tertiary alicyclic amines) is 3. The van der Waals surface area contributed by atoms with Crippen LogP contribution < -0.4 is 0 Å². The van der Waals surface area contributed by atoms with Gasteiger partial charge in [0.05, 0.1) is 0 Å². The predicted molar refractivity (Wildman–Crippen MR) is 89.1 cm³/mol. The molecule has 3 saturated heterocycles. The van der Waals surface area contributed by atoms with E-state index in [-0.39, 0.29) is 5.66 Å². The van der Waals surface area contributed by atoms with E-state index < -0.39 is 0 Å². The van der Waals surface area contributed by atoms with E-state index in [1.54, 1.807) is 0 Å². The van der Waals surface area contributed by atoms with Crippen LogP contribution in [0.2, 0.25) is 0 Å². The highest BCUT2D eigenvalue weighted by atomic mass is 28.1. The average molecular weight is 294 g/mol. The van der Waals surface area contributed by atoms with Crippen molar-refractivity contribution in [1.29, 1.82) is 0 Å². The Kier molecular flexibility index (Phi) is 4.65. The predicted octanol–water partition coefficient (Wildman–Crippen LogP) is 0.849. The van der Waals surface area contributed by atoms with Gasteiger partial charge in [-0.15, -0.1) is 6.58 Å². The van der Waals surface area contributed by atoms with Crippen LogP contribution >= 0.6 is 0 Å². The van der Waals surface area contributed by atoms with Gasteiger partial charge in [0.15, 0.2) is 0 Å². The fourth-order valence-electron chi connectivity index (χ4n) is 4.50. The van der Waals surface area contributed by atoms with Crippen molar-refractivity contribution in [2.24, 2.45) is 0 Å². The van der Waals surface area contributed by atoms with Crippen molar-refractivity contribution in [3.8, 4) is 0 Å². The van der Waals surface area contributed by atoms with Crippen LogP contribution in [-0.2, 0) is 0 Å². The fourth-order valence-corrected chi connectivity index (χ4v) is 5.29. The van der Waals surface area contributed by atoms with Crippen molar-refractivity contribution in [3.63, 3.8) is 0 Å². The van der Waals surface area contributed by atoms with Gasteiger partial charge in [0.25, 0.3) is 0 Å². The van der Waals surface area contributed by atoms with Crippen LogP contribution in [-0.4, -0.2) is 76.4 Å². The Balaban J connectivity index is 1.86. The van der Waals surface area contributed by atoms with Gasteiger partial charge in [0, 0.05) is 43.0 Å². The summed E-state index contributed by atoms with van der Waals surface area (Å²) >= 11 is 0. The van der Waals surface area contributed by atoms with Crippen LogP contribution in [0.25, 0.3) is 0 Å². The quantitative estimate of drug-likeness (QED) is 0.696. The number of hydrogen-bond acceptors (Lipinski definition) is 3. The monoisotopic (exact) mass is 293 g/mol. The molecule has 0 aromatic carbocycles. The molecule has 3 rings (SSSR count). The van der Waals surface area contributed by atoms with Crippen molar-refractivity contribution < 1.29 is 0 Å². The summed E-state index contributed by atoms with van der Waals surface area (Å²) in [6.07, 6.45) is 8.30. The van der Waals surface area contributed by atoms with E-state index in [1.807, 2.05) is 0 Å². The molecule has 3 heterocycles. The lowest BCUT2D eigenvalue weighted by atomic mass is 10.0. The topological polar surface area (TPSA) is 9.72 Å². The van der Waals surface area contributed by atoms with Gasteiger partial charge in [0.2, 0.25) is 0 Å². The molecule has 0 bridgehead atoms. The number of hydrogen-bond donors (Lipinski definition) is 0. The summed E-state index contributed by atoms with van der Waals surface area (Å²) in [4.78, 5) is 8.28. The molecule has 0 radical (unpaired) electrons. The summed E-state index contributed by atoms with van der Waals surface area (Å²) < 4.78 is 0. The fraction of sp³-hybridized carbons (Fsp3) is 0.875. The van der Waals surface area contributed by atoms with Gasteiger partial charge in [-0.1, -0.05) is 5.20 Å². The zero-order valence-electron chi connectivity index (χ0n) is 13.2. The molecule has 0 atom stereocenters. The Labute approximate surface area is 127 Å². The first-order valence-electron chi connectivity index (χ1n) is 8.62. The maximum absolute atomic E-state index is 4.51. The zero-order valence-corrected chi connectivity index (χ0v) is 15.2. The van der Waals surface area contributed by atoms with E-state index in [0.29, 0.717) is 0 Å². The summed E-state index contributed by atoms with van der Waals surface area (Å²) in [5.41, 5.74) is 0.184. The van der Waals surface area contributed by atoms with Crippen LogP contribution in [0.3, 0.4) is 0 Å². The Morgan fingerprint density at radius 2 is 1.20 bits per heavy atom. The van der Waals surface area contributed by atoms with Crippen molar-refractivity contribution in [2.75, 3.05) is 45.8 Å². The first kappa shape index (κ1) is 14.8. The highest BCUT2D eigenvalue weighted by Gasteiger charge is 2.46. The van der Waals surface area contributed by atoms with Gasteiger partial charge < -0.3 is 0 Å². The first-order chi connectivity index (χ1) is 9.73. The lowest BCUT2D eigenvalue weighted by Gasteiger charge is -2.51. The second kappa shape index (κ2) is 6.30. The maximum Gasteiger partial charge on any atom is 0.104 e. The van der Waals surface area contributed by atoms with E-state index >= 15 is 0 Å². The van der Waals surface area contributed by atoms with Gasteiger partial charge in [-0.3, -0.25) is 14.7 Å². The van der Waals surface area contributed by atoms with Crippen molar-refractivity contribution >= 4 is 10.2 Å². The summed E-state index contributed by atoms with van der Waals surface area (Å²) in [6.45, 7) is 13.5. The largest absolute Gasteiger partial charge is 0.300 e. The molecular formula is C16H31N3Si. The highest BCUT2D eigenvalue weighted by molar-refractivity contribution is 6.22. The molecule has 4 heteroatoms. The van der Waals surface area contributed by atoms with Crippen LogP contribution in [0.5, 0.6) is 0 Å². The Morgan fingerprint density at radius 3 is 1.60 bits per heavy atom. The van der Waals surface area contributed by atoms with Gasteiger partial charge in [-0.25, -0.2) is 0 Å². The molecule has 20 heavy (non-hydrogen) atoms. The molecule has 0 aromatic rings. The molecule has 0 spiro atoms. The molecular weight excluding hydrogens is 262 g/mol. The lowest BCUT2D eigenvalue weighted by molar-refractivity contribution is -0.0192. The molecule has 0 aliphatic carbocycles. The molecule has 0 N–H and O–H groups in total. The summed E-state index contributed by atoms with van der Waals surface area (Å²) in [5, 5.41) is 1.51. The minimum Gasteiger partial charge on any atom is -0.300 e. The van der Waals surface area contributed by atoms with Gasteiger partial charge in [-0.2, -0.15) is 0 Å². The van der Waals surface area contributed by atoms with Crippen LogP contribution in [0.15, 0.2) is 11.8 Å². The Morgan fingerprint density at radius 1 is 0.800 bits per heavy atom. The SMILES string of the molecule is C=C([SiH3])C(CN1CCCC1)(N1CCCC1)N1CCCC1. The van der Waals surface area contributed by atoms with E-state index in [0.717, 1.165) is 10.2 Å². The molecule has 3 aliphatic rings. The highest BCUT2D eigenvalue weighted by Crippen LogP contribution is 2.34. The zero-order chi connectivity index (χ0) is 14.0. The summed E-state index contributed by atoms with van der Waals surface area (Å²) in [6, 6.07) is 0. The third-order valence-electron chi connectivity index (χ3n) is 5.58. The molecule has 0 unspecified atom stereocenters. The molecule has 0 amide bonds. The minimum absolute atomic E-state index is 0.184. The molecule has 114 valence electrons. The normalized spacial score (nSPS) is 26.8. The molecule has 3 fully saturated rings.